The van der Waals surface area contributed by atoms with Crippen LogP contribution in [0.4, 0.5) is 0 Å². The van der Waals surface area contributed by atoms with Crippen molar-refractivity contribution in [3.8, 4) is 0 Å². The number of nitrogens with one attached hydrogen (secondary N) is 2. The fourth-order valence-corrected chi connectivity index (χ4v) is 1.63. The lowest BCUT2D eigenvalue weighted by Gasteiger charge is -2.09. The second-order valence-electron chi connectivity index (χ2n) is 4.75. The molecule has 0 aromatic heterocycles. The number of hydrogen-bond acceptors (Lipinski definition) is 3. The van der Waals surface area contributed by atoms with Crippen molar-refractivity contribution < 1.29 is 4.79 Å². The van der Waals surface area contributed by atoms with E-state index in [1.165, 1.54) is 5.56 Å². The van der Waals surface area contributed by atoms with Crippen LogP contribution in [0.15, 0.2) is 42.1 Å². The summed E-state index contributed by atoms with van der Waals surface area (Å²) in [6.45, 7) is 6.40. The second-order valence-corrected chi connectivity index (χ2v) is 4.75. The van der Waals surface area contributed by atoms with Crippen molar-refractivity contribution in [2.45, 2.75) is 33.7 Å². The van der Waals surface area contributed by atoms with Gasteiger partial charge in [-0.1, -0.05) is 44.2 Å². The minimum absolute atomic E-state index is 0.0763. The summed E-state index contributed by atoms with van der Waals surface area (Å²) in [5.41, 5.74) is 2.09. The van der Waals surface area contributed by atoms with Gasteiger partial charge in [0.1, 0.15) is 0 Å². The molecule has 2 N–H and O–H groups in total. The Morgan fingerprint density at radius 1 is 1.37 bits per heavy atom. The molecular weight excluding hydrogens is 236 g/mol. The van der Waals surface area contributed by atoms with Gasteiger partial charge in [-0.3, -0.25) is 10.2 Å². The molecule has 1 aromatic rings. The first-order valence-corrected chi connectivity index (χ1v) is 6.63. The lowest BCUT2D eigenvalue weighted by atomic mass is 9.99. The SMILES string of the molecule is CCC(C)C(=O)C(=N)/C=C(/C)NCc1ccccc1. The van der Waals surface area contributed by atoms with Gasteiger partial charge in [0.05, 0.1) is 5.71 Å². The van der Waals surface area contributed by atoms with Crippen LogP contribution in [0.2, 0.25) is 0 Å². The Labute approximate surface area is 115 Å². The van der Waals surface area contributed by atoms with Crippen molar-refractivity contribution in [2.75, 3.05) is 0 Å². The van der Waals surface area contributed by atoms with E-state index in [0.717, 1.165) is 12.1 Å². The van der Waals surface area contributed by atoms with Crippen LogP contribution in [-0.2, 0) is 11.3 Å². The van der Waals surface area contributed by atoms with Crippen LogP contribution in [0.5, 0.6) is 0 Å². The number of ketones is 1. The maximum absolute atomic E-state index is 11.8. The molecule has 102 valence electrons. The van der Waals surface area contributed by atoms with Gasteiger partial charge < -0.3 is 5.32 Å². The van der Waals surface area contributed by atoms with E-state index >= 15 is 0 Å². The van der Waals surface area contributed by atoms with Gasteiger partial charge in [-0.05, 0) is 25.0 Å². The van der Waals surface area contributed by atoms with Gasteiger partial charge >= 0.3 is 0 Å². The Balaban J connectivity index is 2.53. The summed E-state index contributed by atoms with van der Waals surface area (Å²) in [5, 5.41) is 11.0. The van der Waals surface area contributed by atoms with Crippen LogP contribution in [0.1, 0.15) is 32.8 Å². The number of rotatable bonds is 7. The van der Waals surface area contributed by atoms with Crippen molar-refractivity contribution in [1.82, 2.24) is 5.32 Å². The summed E-state index contributed by atoms with van der Waals surface area (Å²) in [5.74, 6) is -0.172. The van der Waals surface area contributed by atoms with Crippen molar-refractivity contribution in [3.05, 3.63) is 47.7 Å². The van der Waals surface area contributed by atoms with Crippen molar-refractivity contribution in [2.24, 2.45) is 5.92 Å². The highest BCUT2D eigenvalue weighted by atomic mass is 16.1. The van der Waals surface area contributed by atoms with Gasteiger partial charge in [0.2, 0.25) is 0 Å². The first-order chi connectivity index (χ1) is 9.04. The number of Topliss-reactive ketones (excluding diaryl/α,β-unsaturated/α-hetero) is 1. The van der Waals surface area contributed by atoms with Gasteiger partial charge in [0.25, 0.3) is 0 Å². The van der Waals surface area contributed by atoms with Crippen LogP contribution in [0.25, 0.3) is 0 Å². The summed E-state index contributed by atoms with van der Waals surface area (Å²) in [6.07, 6.45) is 2.38. The fraction of sp³-hybridized carbons (Fsp3) is 0.375. The maximum atomic E-state index is 11.8. The number of carbonyl (C=O) groups is 1. The van der Waals surface area contributed by atoms with E-state index in [9.17, 15) is 4.79 Å². The Morgan fingerprint density at radius 3 is 2.58 bits per heavy atom. The molecule has 1 atom stereocenters. The fourth-order valence-electron chi connectivity index (χ4n) is 1.63. The minimum Gasteiger partial charge on any atom is -0.384 e. The van der Waals surface area contributed by atoms with Gasteiger partial charge in [-0.15, -0.1) is 0 Å². The molecule has 0 saturated heterocycles. The molecule has 0 aliphatic rings. The molecule has 0 saturated carbocycles. The molecule has 0 spiro atoms. The van der Waals surface area contributed by atoms with E-state index < -0.39 is 0 Å². The van der Waals surface area contributed by atoms with E-state index in [1.807, 2.05) is 51.1 Å². The molecule has 1 aromatic carbocycles. The highest BCUT2D eigenvalue weighted by Gasteiger charge is 2.14. The smallest absolute Gasteiger partial charge is 0.183 e. The highest BCUT2D eigenvalue weighted by molar-refractivity contribution is 6.43. The molecule has 1 unspecified atom stereocenters. The molecule has 0 amide bonds. The van der Waals surface area contributed by atoms with Crippen LogP contribution >= 0.6 is 0 Å². The third kappa shape index (κ3) is 5.08. The molecule has 3 heteroatoms. The van der Waals surface area contributed by atoms with Crippen LogP contribution in [0, 0.1) is 11.3 Å². The molecule has 0 radical (unpaired) electrons. The molecule has 1 rings (SSSR count). The number of allylic oxidation sites excluding steroid dienone is 2. The zero-order chi connectivity index (χ0) is 14.3. The molecular formula is C16H22N2O. The Bertz CT molecular complexity index is 463. The summed E-state index contributed by atoms with van der Waals surface area (Å²) in [4.78, 5) is 11.8. The number of carbonyl (C=O) groups excluding carboxylic acids is 1. The summed E-state index contributed by atoms with van der Waals surface area (Å²) in [7, 11) is 0. The zero-order valence-electron chi connectivity index (χ0n) is 11.9. The topological polar surface area (TPSA) is 53.0 Å². The van der Waals surface area contributed by atoms with Crippen molar-refractivity contribution in [1.29, 1.82) is 5.41 Å². The average Bonchev–Trinajstić information content (AvgIpc) is 2.44. The first-order valence-electron chi connectivity index (χ1n) is 6.63. The predicted molar refractivity (Wildman–Crippen MR) is 79.2 cm³/mol. The van der Waals surface area contributed by atoms with Crippen molar-refractivity contribution >= 4 is 11.5 Å². The minimum atomic E-state index is -0.0941. The van der Waals surface area contributed by atoms with Gasteiger partial charge in [0.15, 0.2) is 5.78 Å². The Hall–Kier alpha value is -1.90. The van der Waals surface area contributed by atoms with Crippen LogP contribution in [-0.4, -0.2) is 11.5 Å². The molecule has 0 bridgehead atoms. The molecule has 3 nitrogen and oxygen atoms in total. The van der Waals surface area contributed by atoms with E-state index in [-0.39, 0.29) is 17.4 Å². The summed E-state index contributed by atoms with van der Waals surface area (Å²) in [6, 6.07) is 10.0. The largest absolute Gasteiger partial charge is 0.384 e. The number of hydrogen-bond donors (Lipinski definition) is 2. The first kappa shape index (κ1) is 15.2. The Kier molecular flexibility index (Phi) is 6.00. The quantitative estimate of drug-likeness (QED) is 0.737. The normalized spacial score (nSPS) is 12.9. The zero-order valence-corrected chi connectivity index (χ0v) is 11.9. The van der Waals surface area contributed by atoms with E-state index in [1.54, 1.807) is 6.08 Å². The van der Waals surface area contributed by atoms with E-state index in [4.69, 9.17) is 5.41 Å². The standard InChI is InChI=1S/C16H22N2O/c1-4-12(2)16(19)15(17)10-13(3)18-11-14-8-6-5-7-9-14/h5-10,12,17-18H,4,11H2,1-3H3/b13-10-,17-15?. The predicted octanol–water partition coefficient (Wildman–Crippen LogP) is 3.31. The molecule has 0 fully saturated rings. The molecule has 19 heavy (non-hydrogen) atoms. The maximum Gasteiger partial charge on any atom is 0.183 e. The third-order valence-corrected chi connectivity index (χ3v) is 3.10. The average molecular weight is 258 g/mol. The van der Waals surface area contributed by atoms with Gasteiger partial charge in [0, 0.05) is 18.2 Å². The number of benzene rings is 1. The van der Waals surface area contributed by atoms with E-state index in [2.05, 4.69) is 5.32 Å². The van der Waals surface area contributed by atoms with Gasteiger partial charge in [-0.25, -0.2) is 0 Å². The highest BCUT2D eigenvalue weighted by Crippen LogP contribution is 2.05. The third-order valence-electron chi connectivity index (χ3n) is 3.10. The van der Waals surface area contributed by atoms with E-state index in [0.29, 0.717) is 6.54 Å². The lowest BCUT2D eigenvalue weighted by Crippen LogP contribution is -2.20. The molecule has 0 heterocycles. The van der Waals surface area contributed by atoms with Gasteiger partial charge in [-0.2, -0.15) is 0 Å². The second kappa shape index (κ2) is 7.52. The summed E-state index contributed by atoms with van der Waals surface area (Å²) >= 11 is 0. The van der Waals surface area contributed by atoms with Crippen molar-refractivity contribution in [3.63, 3.8) is 0 Å². The van der Waals surface area contributed by atoms with Crippen LogP contribution in [0.3, 0.4) is 0 Å². The Morgan fingerprint density at radius 2 is 2.00 bits per heavy atom. The monoisotopic (exact) mass is 258 g/mol. The van der Waals surface area contributed by atoms with Crippen LogP contribution < -0.4 is 5.32 Å². The lowest BCUT2D eigenvalue weighted by molar-refractivity contribution is -0.116. The molecule has 0 aliphatic carbocycles. The summed E-state index contributed by atoms with van der Waals surface area (Å²) < 4.78 is 0. The molecule has 0 aliphatic heterocycles.